The molecule has 130 valence electrons. The summed E-state index contributed by atoms with van der Waals surface area (Å²) in [7, 11) is 0. The van der Waals surface area contributed by atoms with Crippen molar-refractivity contribution in [3.63, 3.8) is 0 Å². The molecule has 5 nitrogen and oxygen atoms in total. The monoisotopic (exact) mass is 336 g/mol. The third-order valence-corrected chi connectivity index (χ3v) is 4.89. The Morgan fingerprint density at radius 3 is 3.00 bits per heavy atom. The number of nitrogens with one attached hydrogen (secondary N) is 1. The van der Waals surface area contributed by atoms with Gasteiger partial charge in [0.2, 0.25) is 0 Å². The van der Waals surface area contributed by atoms with E-state index >= 15 is 0 Å². The molecule has 2 aliphatic rings. The van der Waals surface area contributed by atoms with E-state index in [4.69, 9.17) is 0 Å². The number of carbonyl (C=O) groups excluding carboxylic acids is 1. The van der Waals surface area contributed by atoms with E-state index < -0.39 is 0 Å². The van der Waals surface area contributed by atoms with Crippen LogP contribution in [0.3, 0.4) is 0 Å². The van der Waals surface area contributed by atoms with Gasteiger partial charge in [-0.2, -0.15) is 0 Å². The van der Waals surface area contributed by atoms with Crippen molar-refractivity contribution in [3.8, 4) is 0 Å². The van der Waals surface area contributed by atoms with Crippen LogP contribution >= 0.6 is 0 Å². The van der Waals surface area contributed by atoms with Crippen LogP contribution in [0.15, 0.2) is 24.4 Å². The SMILES string of the molecule is CC(C)Cc1ncc2c(n1)CN(C(=O)c1cccc3c1NCCC3)C2. The van der Waals surface area contributed by atoms with Gasteiger partial charge in [-0.05, 0) is 30.4 Å². The number of rotatable bonds is 3. The second-order valence-electron chi connectivity index (χ2n) is 7.39. The topological polar surface area (TPSA) is 58.1 Å². The number of aromatic nitrogens is 2. The summed E-state index contributed by atoms with van der Waals surface area (Å²) in [6.07, 6.45) is 4.92. The lowest BCUT2D eigenvalue weighted by Crippen LogP contribution is -2.27. The smallest absolute Gasteiger partial charge is 0.256 e. The number of hydrogen-bond acceptors (Lipinski definition) is 4. The van der Waals surface area contributed by atoms with E-state index in [1.54, 1.807) is 0 Å². The number of anilines is 1. The van der Waals surface area contributed by atoms with Crippen molar-refractivity contribution in [1.29, 1.82) is 0 Å². The van der Waals surface area contributed by atoms with E-state index in [2.05, 4.69) is 35.2 Å². The molecule has 0 saturated carbocycles. The number of aryl methyl sites for hydroxylation is 1. The Labute approximate surface area is 148 Å². The van der Waals surface area contributed by atoms with Gasteiger partial charge in [-0.25, -0.2) is 9.97 Å². The quantitative estimate of drug-likeness (QED) is 0.935. The highest BCUT2D eigenvalue weighted by atomic mass is 16.2. The second-order valence-corrected chi connectivity index (χ2v) is 7.39. The van der Waals surface area contributed by atoms with Crippen molar-refractivity contribution in [2.45, 2.75) is 46.2 Å². The van der Waals surface area contributed by atoms with Crippen LogP contribution in [0.1, 0.15) is 53.3 Å². The normalized spacial score (nSPS) is 15.7. The van der Waals surface area contributed by atoms with Gasteiger partial charge in [0.1, 0.15) is 5.82 Å². The first-order chi connectivity index (χ1) is 12.1. The van der Waals surface area contributed by atoms with E-state index in [9.17, 15) is 4.79 Å². The Morgan fingerprint density at radius 2 is 2.16 bits per heavy atom. The van der Waals surface area contributed by atoms with E-state index in [-0.39, 0.29) is 5.91 Å². The highest BCUT2D eigenvalue weighted by Gasteiger charge is 2.28. The highest BCUT2D eigenvalue weighted by molar-refractivity contribution is 6.00. The Hall–Kier alpha value is -2.43. The molecule has 0 fully saturated rings. The molecular weight excluding hydrogens is 312 g/mol. The third kappa shape index (κ3) is 3.11. The lowest BCUT2D eigenvalue weighted by molar-refractivity contribution is 0.0751. The standard InChI is InChI=1S/C20H24N4O/c1-13(2)9-18-22-10-15-11-24(12-17(15)23-18)20(25)16-7-3-5-14-6-4-8-21-19(14)16/h3,5,7,10,13,21H,4,6,8-9,11-12H2,1-2H3. The number of nitrogens with zero attached hydrogens (tertiary/aromatic N) is 3. The summed E-state index contributed by atoms with van der Waals surface area (Å²) in [6, 6.07) is 6.03. The first-order valence-corrected chi connectivity index (χ1v) is 9.10. The van der Waals surface area contributed by atoms with E-state index in [1.165, 1.54) is 5.56 Å². The Morgan fingerprint density at radius 1 is 1.28 bits per heavy atom. The van der Waals surface area contributed by atoms with Crippen molar-refractivity contribution >= 4 is 11.6 Å². The lowest BCUT2D eigenvalue weighted by atomic mass is 9.99. The summed E-state index contributed by atoms with van der Waals surface area (Å²) in [5.41, 5.74) is 5.10. The molecule has 0 atom stereocenters. The summed E-state index contributed by atoms with van der Waals surface area (Å²) >= 11 is 0. The molecule has 0 saturated heterocycles. The average molecular weight is 336 g/mol. The van der Waals surface area contributed by atoms with Gasteiger partial charge in [-0.15, -0.1) is 0 Å². The maximum atomic E-state index is 13.1. The summed E-state index contributed by atoms with van der Waals surface area (Å²) < 4.78 is 0. The van der Waals surface area contributed by atoms with E-state index in [0.29, 0.717) is 19.0 Å². The second kappa shape index (κ2) is 6.47. The molecule has 2 aliphatic heterocycles. The van der Waals surface area contributed by atoms with Gasteiger partial charge in [-0.3, -0.25) is 4.79 Å². The first-order valence-electron chi connectivity index (χ1n) is 9.10. The van der Waals surface area contributed by atoms with Crippen molar-refractivity contribution in [2.75, 3.05) is 11.9 Å². The molecule has 1 N–H and O–H groups in total. The van der Waals surface area contributed by atoms with Gasteiger partial charge in [0.25, 0.3) is 5.91 Å². The molecule has 5 heteroatoms. The maximum Gasteiger partial charge on any atom is 0.256 e. The third-order valence-electron chi connectivity index (χ3n) is 4.89. The molecule has 0 bridgehead atoms. The van der Waals surface area contributed by atoms with Gasteiger partial charge in [0.05, 0.1) is 23.5 Å². The largest absolute Gasteiger partial charge is 0.384 e. The van der Waals surface area contributed by atoms with E-state index in [0.717, 1.165) is 54.1 Å². The Kier molecular flexibility index (Phi) is 4.15. The van der Waals surface area contributed by atoms with Crippen LogP contribution in [0, 0.1) is 5.92 Å². The predicted molar refractivity (Wildman–Crippen MR) is 97.4 cm³/mol. The van der Waals surface area contributed by atoms with Crippen molar-refractivity contribution < 1.29 is 4.79 Å². The van der Waals surface area contributed by atoms with E-state index in [1.807, 2.05) is 23.2 Å². The zero-order chi connectivity index (χ0) is 17.4. The molecule has 25 heavy (non-hydrogen) atoms. The highest BCUT2D eigenvalue weighted by Crippen LogP contribution is 2.29. The summed E-state index contributed by atoms with van der Waals surface area (Å²) in [5, 5.41) is 3.41. The molecule has 1 aromatic carbocycles. The predicted octanol–water partition coefficient (Wildman–Crippen LogP) is 3.19. The Bertz CT molecular complexity index is 815. The maximum absolute atomic E-state index is 13.1. The van der Waals surface area contributed by atoms with Crippen molar-refractivity contribution in [3.05, 3.63) is 52.6 Å². The van der Waals surface area contributed by atoms with Crippen LogP contribution in [-0.4, -0.2) is 27.3 Å². The van der Waals surface area contributed by atoms with Crippen LogP contribution in [0.25, 0.3) is 0 Å². The molecule has 0 unspecified atom stereocenters. The molecule has 0 aliphatic carbocycles. The van der Waals surface area contributed by atoms with Gasteiger partial charge >= 0.3 is 0 Å². The molecule has 3 heterocycles. The summed E-state index contributed by atoms with van der Waals surface area (Å²) in [5.74, 6) is 1.48. The van der Waals surface area contributed by atoms with Gasteiger partial charge < -0.3 is 10.2 Å². The molecule has 4 rings (SSSR count). The minimum atomic E-state index is 0.0784. The van der Waals surface area contributed by atoms with Crippen molar-refractivity contribution in [1.82, 2.24) is 14.9 Å². The molecule has 2 aromatic rings. The number of fused-ring (bicyclic) bond motifs is 2. The minimum Gasteiger partial charge on any atom is -0.384 e. The number of benzene rings is 1. The first kappa shape index (κ1) is 16.1. The van der Waals surface area contributed by atoms with Gasteiger partial charge in [0, 0.05) is 31.3 Å². The molecule has 1 amide bonds. The number of para-hydroxylation sites is 1. The fraction of sp³-hybridized carbons (Fsp3) is 0.450. The van der Waals surface area contributed by atoms with Crippen LogP contribution < -0.4 is 5.32 Å². The molecule has 1 aromatic heterocycles. The van der Waals surface area contributed by atoms with Crippen LogP contribution in [0.2, 0.25) is 0 Å². The number of amides is 1. The summed E-state index contributed by atoms with van der Waals surface area (Å²) in [4.78, 5) is 24.1. The lowest BCUT2D eigenvalue weighted by Gasteiger charge is -2.23. The molecule has 0 radical (unpaired) electrons. The minimum absolute atomic E-state index is 0.0784. The Balaban J connectivity index is 1.57. The summed E-state index contributed by atoms with van der Waals surface area (Å²) in [6.45, 7) is 6.43. The van der Waals surface area contributed by atoms with Crippen molar-refractivity contribution in [2.24, 2.45) is 5.92 Å². The molecular formula is C20H24N4O. The fourth-order valence-corrected chi connectivity index (χ4v) is 3.66. The van der Waals surface area contributed by atoms with Crippen LogP contribution in [0.5, 0.6) is 0 Å². The van der Waals surface area contributed by atoms with Gasteiger partial charge in [-0.1, -0.05) is 26.0 Å². The fourth-order valence-electron chi connectivity index (χ4n) is 3.66. The van der Waals surface area contributed by atoms with Gasteiger partial charge in [0.15, 0.2) is 0 Å². The zero-order valence-corrected chi connectivity index (χ0v) is 14.9. The average Bonchev–Trinajstić information content (AvgIpc) is 3.03. The van der Waals surface area contributed by atoms with Crippen LogP contribution in [0.4, 0.5) is 5.69 Å². The zero-order valence-electron chi connectivity index (χ0n) is 14.9. The number of carbonyl (C=O) groups is 1. The molecule has 0 spiro atoms. The number of hydrogen-bond donors (Lipinski definition) is 1. The van der Waals surface area contributed by atoms with Crippen LogP contribution in [-0.2, 0) is 25.9 Å².